The Kier molecular flexibility index (Phi) is 3.68. The first-order chi connectivity index (χ1) is 10.2. The lowest BCUT2D eigenvalue weighted by Gasteiger charge is -2.24. The Morgan fingerprint density at radius 3 is 2.90 bits per heavy atom. The molecule has 0 radical (unpaired) electrons. The summed E-state index contributed by atoms with van der Waals surface area (Å²) in [7, 11) is 2.00. The lowest BCUT2D eigenvalue weighted by Crippen LogP contribution is -2.29. The average molecular weight is 287 g/mol. The SMILES string of the molecule is C[n+]1ccn(CCN(C2=COCO2)c2ccccc2N)c1. The molecule has 2 aromatic rings. The number of benzene rings is 1. The van der Waals surface area contributed by atoms with Crippen LogP contribution in [0.4, 0.5) is 11.4 Å². The molecule has 110 valence electrons. The van der Waals surface area contributed by atoms with E-state index in [2.05, 4.69) is 4.57 Å². The van der Waals surface area contributed by atoms with Crippen LogP contribution in [-0.2, 0) is 23.1 Å². The molecule has 1 aliphatic rings. The molecule has 1 aliphatic heterocycles. The zero-order valence-electron chi connectivity index (χ0n) is 12.0. The number of nitrogen functional groups attached to an aromatic ring is 1. The maximum Gasteiger partial charge on any atom is 0.243 e. The van der Waals surface area contributed by atoms with Crippen molar-refractivity contribution in [2.75, 3.05) is 24.0 Å². The first kappa shape index (κ1) is 13.4. The second kappa shape index (κ2) is 5.78. The van der Waals surface area contributed by atoms with Crippen molar-refractivity contribution in [3.63, 3.8) is 0 Å². The summed E-state index contributed by atoms with van der Waals surface area (Å²) in [6, 6.07) is 7.75. The van der Waals surface area contributed by atoms with E-state index in [1.54, 1.807) is 6.26 Å². The van der Waals surface area contributed by atoms with Gasteiger partial charge in [-0.15, -0.1) is 0 Å². The number of rotatable bonds is 5. The number of ether oxygens (including phenoxy) is 2. The first-order valence-electron chi connectivity index (χ1n) is 6.81. The zero-order valence-corrected chi connectivity index (χ0v) is 12.0. The van der Waals surface area contributed by atoms with Crippen LogP contribution in [0.15, 0.2) is 55.1 Å². The summed E-state index contributed by atoms with van der Waals surface area (Å²) in [5.41, 5.74) is 7.72. The van der Waals surface area contributed by atoms with Crippen LogP contribution in [-0.4, -0.2) is 17.9 Å². The third-order valence-corrected chi connectivity index (χ3v) is 3.36. The lowest BCUT2D eigenvalue weighted by molar-refractivity contribution is -0.671. The van der Waals surface area contributed by atoms with E-state index in [-0.39, 0.29) is 6.79 Å². The second-order valence-corrected chi connectivity index (χ2v) is 4.91. The van der Waals surface area contributed by atoms with Gasteiger partial charge in [0.25, 0.3) is 0 Å². The fourth-order valence-electron chi connectivity index (χ4n) is 2.31. The summed E-state index contributed by atoms with van der Waals surface area (Å²) < 4.78 is 14.8. The molecule has 1 aromatic heterocycles. The normalized spacial score (nSPS) is 13.5. The molecule has 0 bridgehead atoms. The summed E-state index contributed by atoms with van der Waals surface area (Å²) in [5, 5.41) is 0. The van der Waals surface area contributed by atoms with Gasteiger partial charge in [-0.25, -0.2) is 9.13 Å². The van der Waals surface area contributed by atoms with Gasteiger partial charge in [-0.1, -0.05) is 12.1 Å². The van der Waals surface area contributed by atoms with Crippen molar-refractivity contribution >= 4 is 11.4 Å². The standard InChI is InChI=1S/C15H19N4O2/c1-17-6-7-18(11-17)8-9-19(15-10-20-12-21-15)14-5-3-2-4-13(14)16/h2-7,10-11H,8-9,12,16H2,1H3/q+1. The highest BCUT2D eigenvalue weighted by molar-refractivity contribution is 5.69. The summed E-state index contributed by atoms with van der Waals surface area (Å²) in [5.74, 6) is 0.685. The maximum absolute atomic E-state index is 6.09. The van der Waals surface area contributed by atoms with Crippen LogP contribution in [0, 0.1) is 0 Å². The lowest BCUT2D eigenvalue weighted by atomic mass is 10.2. The van der Waals surface area contributed by atoms with Crippen molar-refractivity contribution in [1.29, 1.82) is 0 Å². The van der Waals surface area contributed by atoms with E-state index in [1.165, 1.54) is 0 Å². The molecule has 3 rings (SSSR count). The van der Waals surface area contributed by atoms with Crippen LogP contribution in [0.3, 0.4) is 0 Å². The highest BCUT2D eigenvalue weighted by Crippen LogP contribution is 2.27. The Balaban J connectivity index is 1.81. The van der Waals surface area contributed by atoms with Crippen LogP contribution < -0.4 is 15.2 Å². The Bertz CT molecular complexity index is 651. The molecule has 0 fully saturated rings. The molecule has 0 unspecified atom stereocenters. The third kappa shape index (κ3) is 2.94. The largest absolute Gasteiger partial charge is 0.459 e. The highest BCUT2D eigenvalue weighted by Gasteiger charge is 2.20. The van der Waals surface area contributed by atoms with Gasteiger partial charge in [-0.3, -0.25) is 0 Å². The van der Waals surface area contributed by atoms with E-state index in [1.807, 2.05) is 59.5 Å². The van der Waals surface area contributed by atoms with Crippen molar-refractivity contribution in [2.45, 2.75) is 6.54 Å². The molecule has 0 aliphatic carbocycles. The number of imidazole rings is 1. The third-order valence-electron chi connectivity index (χ3n) is 3.36. The number of nitrogens with two attached hydrogens (primary N) is 1. The molecular weight excluding hydrogens is 268 g/mol. The molecule has 6 heteroatoms. The predicted molar refractivity (Wildman–Crippen MR) is 78.9 cm³/mol. The van der Waals surface area contributed by atoms with Gasteiger partial charge in [0.15, 0.2) is 0 Å². The molecule has 21 heavy (non-hydrogen) atoms. The monoisotopic (exact) mass is 287 g/mol. The van der Waals surface area contributed by atoms with E-state index >= 15 is 0 Å². The molecule has 0 saturated carbocycles. The molecule has 2 heterocycles. The van der Waals surface area contributed by atoms with E-state index in [0.29, 0.717) is 11.6 Å². The van der Waals surface area contributed by atoms with Gasteiger partial charge in [-0.2, -0.15) is 0 Å². The van der Waals surface area contributed by atoms with Crippen LogP contribution in [0.25, 0.3) is 0 Å². The summed E-state index contributed by atoms with van der Waals surface area (Å²) in [6.45, 7) is 1.80. The minimum Gasteiger partial charge on any atom is -0.459 e. The minimum atomic E-state index is 0.247. The average Bonchev–Trinajstić information content (AvgIpc) is 3.13. The van der Waals surface area contributed by atoms with E-state index < -0.39 is 0 Å². The van der Waals surface area contributed by atoms with Crippen LogP contribution in [0.2, 0.25) is 0 Å². The number of aryl methyl sites for hydroxylation is 1. The molecule has 1 aromatic carbocycles. The Morgan fingerprint density at radius 1 is 1.38 bits per heavy atom. The number of hydrogen-bond acceptors (Lipinski definition) is 4. The van der Waals surface area contributed by atoms with E-state index in [0.717, 1.165) is 18.8 Å². The Morgan fingerprint density at radius 2 is 2.24 bits per heavy atom. The van der Waals surface area contributed by atoms with Gasteiger partial charge in [-0.05, 0) is 12.1 Å². The van der Waals surface area contributed by atoms with Crippen molar-refractivity contribution in [2.24, 2.45) is 7.05 Å². The smallest absolute Gasteiger partial charge is 0.243 e. The van der Waals surface area contributed by atoms with Gasteiger partial charge < -0.3 is 20.1 Å². The summed E-state index contributed by atoms with van der Waals surface area (Å²) in [4.78, 5) is 2.03. The highest BCUT2D eigenvalue weighted by atomic mass is 16.7. The number of anilines is 2. The van der Waals surface area contributed by atoms with Crippen molar-refractivity contribution in [3.8, 4) is 0 Å². The summed E-state index contributed by atoms with van der Waals surface area (Å²) in [6.07, 6.45) is 7.71. The van der Waals surface area contributed by atoms with Gasteiger partial charge in [0.2, 0.25) is 19.0 Å². The first-order valence-corrected chi connectivity index (χ1v) is 6.81. The van der Waals surface area contributed by atoms with Gasteiger partial charge >= 0.3 is 0 Å². The fraction of sp³-hybridized carbons (Fsp3) is 0.267. The number of hydrogen-bond donors (Lipinski definition) is 1. The number of aromatic nitrogens is 2. The topological polar surface area (TPSA) is 56.5 Å². The van der Waals surface area contributed by atoms with Crippen LogP contribution >= 0.6 is 0 Å². The molecule has 0 amide bonds. The fourth-order valence-corrected chi connectivity index (χ4v) is 2.31. The van der Waals surface area contributed by atoms with Crippen molar-refractivity contribution < 1.29 is 14.0 Å². The molecule has 6 nitrogen and oxygen atoms in total. The van der Waals surface area contributed by atoms with E-state index in [9.17, 15) is 0 Å². The Labute approximate surface area is 123 Å². The molecule has 0 saturated heterocycles. The molecular formula is C15H19N4O2+. The van der Waals surface area contributed by atoms with Crippen LogP contribution in [0.1, 0.15) is 0 Å². The maximum atomic E-state index is 6.09. The second-order valence-electron chi connectivity index (χ2n) is 4.91. The van der Waals surface area contributed by atoms with Gasteiger partial charge in [0.05, 0.1) is 25.0 Å². The quantitative estimate of drug-likeness (QED) is 0.663. The molecule has 2 N–H and O–H groups in total. The van der Waals surface area contributed by atoms with Gasteiger partial charge in [0, 0.05) is 0 Å². The van der Waals surface area contributed by atoms with Crippen LogP contribution in [0.5, 0.6) is 0 Å². The predicted octanol–water partition coefficient (Wildman–Crippen LogP) is 1.20. The number of nitrogens with zero attached hydrogens (tertiary/aromatic N) is 3. The Hall–Kier alpha value is -2.63. The van der Waals surface area contributed by atoms with E-state index in [4.69, 9.17) is 15.2 Å². The molecule has 0 atom stereocenters. The minimum absolute atomic E-state index is 0.247. The summed E-state index contributed by atoms with van der Waals surface area (Å²) >= 11 is 0. The van der Waals surface area contributed by atoms with Crippen molar-refractivity contribution in [3.05, 3.63) is 55.1 Å². The number of para-hydroxylation sites is 2. The van der Waals surface area contributed by atoms with Gasteiger partial charge in [0.1, 0.15) is 25.2 Å². The zero-order chi connectivity index (χ0) is 14.7. The van der Waals surface area contributed by atoms with Crippen molar-refractivity contribution in [1.82, 2.24) is 4.57 Å². The molecule has 0 spiro atoms.